The summed E-state index contributed by atoms with van der Waals surface area (Å²) in [7, 11) is -3.30. The highest BCUT2D eigenvalue weighted by Gasteiger charge is 2.37. The fraction of sp³-hybridized carbons (Fsp3) is 0.500. The Kier molecular flexibility index (Phi) is 4.18. The Morgan fingerprint density at radius 1 is 1.28 bits per heavy atom. The SMILES string of the molecule is CC(C)C(C)(C)S(=O)(=O)Cc1ccccc1C#N. The molecule has 4 heteroatoms. The Balaban J connectivity index is 3.16. The van der Waals surface area contributed by atoms with Gasteiger partial charge in [0.25, 0.3) is 0 Å². The predicted molar refractivity (Wildman–Crippen MR) is 72.7 cm³/mol. The lowest BCUT2D eigenvalue weighted by Crippen LogP contribution is -2.38. The van der Waals surface area contributed by atoms with E-state index in [1.807, 2.05) is 19.9 Å². The van der Waals surface area contributed by atoms with Crippen molar-refractivity contribution in [1.82, 2.24) is 0 Å². The van der Waals surface area contributed by atoms with Gasteiger partial charge in [0.1, 0.15) is 0 Å². The molecule has 3 nitrogen and oxygen atoms in total. The number of hydrogen-bond donors (Lipinski definition) is 0. The third-order valence-corrected chi connectivity index (χ3v) is 6.44. The zero-order chi connectivity index (χ0) is 14.0. The van der Waals surface area contributed by atoms with E-state index in [0.29, 0.717) is 11.1 Å². The Hall–Kier alpha value is -1.34. The lowest BCUT2D eigenvalue weighted by atomic mass is 10.00. The van der Waals surface area contributed by atoms with Gasteiger partial charge in [-0.25, -0.2) is 8.42 Å². The number of nitriles is 1. The van der Waals surface area contributed by atoms with Crippen molar-refractivity contribution in [3.05, 3.63) is 35.4 Å². The van der Waals surface area contributed by atoms with Crippen molar-refractivity contribution < 1.29 is 8.42 Å². The van der Waals surface area contributed by atoms with Crippen LogP contribution in [0.1, 0.15) is 38.8 Å². The summed E-state index contributed by atoms with van der Waals surface area (Å²) in [4.78, 5) is 0. The number of hydrogen-bond acceptors (Lipinski definition) is 3. The molecule has 98 valence electrons. The fourth-order valence-corrected chi connectivity index (χ4v) is 3.26. The van der Waals surface area contributed by atoms with Crippen molar-refractivity contribution in [3.8, 4) is 6.07 Å². The summed E-state index contributed by atoms with van der Waals surface area (Å²) in [6, 6.07) is 8.88. The van der Waals surface area contributed by atoms with Gasteiger partial charge in [-0.2, -0.15) is 5.26 Å². The van der Waals surface area contributed by atoms with Gasteiger partial charge < -0.3 is 0 Å². The number of nitrogens with zero attached hydrogens (tertiary/aromatic N) is 1. The van der Waals surface area contributed by atoms with E-state index in [2.05, 4.69) is 0 Å². The second-order valence-electron chi connectivity index (χ2n) is 5.29. The molecule has 0 spiro atoms. The molecule has 0 aliphatic rings. The van der Waals surface area contributed by atoms with E-state index < -0.39 is 14.6 Å². The minimum Gasteiger partial charge on any atom is -0.228 e. The molecule has 1 aromatic carbocycles. The molecule has 0 N–H and O–H groups in total. The largest absolute Gasteiger partial charge is 0.228 e. The lowest BCUT2D eigenvalue weighted by molar-refractivity contribution is 0.453. The van der Waals surface area contributed by atoms with Crippen LogP contribution in [0.25, 0.3) is 0 Å². The maximum absolute atomic E-state index is 12.4. The number of benzene rings is 1. The van der Waals surface area contributed by atoms with E-state index in [1.54, 1.807) is 38.1 Å². The molecule has 0 atom stereocenters. The third-order valence-electron chi connectivity index (χ3n) is 3.68. The molecule has 0 amide bonds. The highest BCUT2D eigenvalue weighted by atomic mass is 32.2. The molecule has 0 bridgehead atoms. The van der Waals surface area contributed by atoms with E-state index in [4.69, 9.17) is 5.26 Å². The van der Waals surface area contributed by atoms with Gasteiger partial charge >= 0.3 is 0 Å². The summed E-state index contributed by atoms with van der Waals surface area (Å²) >= 11 is 0. The quantitative estimate of drug-likeness (QED) is 0.841. The first-order valence-electron chi connectivity index (χ1n) is 5.92. The Labute approximate surface area is 109 Å². The van der Waals surface area contributed by atoms with Gasteiger partial charge in [0.05, 0.1) is 22.1 Å². The molecule has 1 aromatic rings. The minimum absolute atomic E-state index is 0.0248. The van der Waals surface area contributed by atoms with Crippen LogP contribution < -0.4 is 0 Å². The summed E-state index contributed by atoms with van der Waals surface area (Å²) in [6.45, 7) is 7.27. The smallest absolute Gasteiger partial charge is 0.159 e. The summed E-state index contributed by atoms with van der Waals surface area (Å²) in [5.41, 5.74) is 1.01. The monoisotopic (exact) mass is 265 g/mol. The van der Waals surface area contributed by atoms with E-state index >= 15 is 0 Å². The first-order valence-corrected chi connectivity index (χ1v) is 7.58. The average Bonchev–Trinajstić information content (AvgIpc) is 2.28. The Morgan fingerprint density at radius 2 is 1.83 bits per heavy atom. The van der Waals surface area contributed by atoms with Crippen LogP contribution in [0.15, 0.2) is 24.3 Å². The van der Waals surface area contributed by atoms with Crippen LogP contribution in [0.5, 0.6) is 0 Å². The van der Waals surface area contributed by atoms with Gasteiger partial charge in [-0.15, -0.1) is 0 Å². The summed E-state index contributed by atoms with van der Waals surface area (Å²) < 4.78 is 24.0. The highest BCUT2D eigenvalue weighted by molar-refractivity contribution is 7.92. The van der Waals surface area contributed by atoms with Crippen LogP contribution in [0.3, 0.4) is 0 Å². The molecule has 0 fully saturated rings. The van der Waals surface area contributed by atoms with E-state index in [0.717, 1.165) is 0 Å². The van der Waals surface area contributed by atoms with Crippen molar-refractivity contribution in [2.45, 2.75) is 38.2 Å². The van der Waals surface area contributed by atoms with Crippen LogP contribution in [0, 0.1) is 17.2 Å². The first kappa shape index (κ1) is 14.7. The molecule has 0 unspecified atom stereocenters. The van der Waals surface area contributed by atoms with Crippen molar-refractivity contribution in [2.24, 2.45) is 5.92 Å². The zero-order valence-corrected chi connectivity index (χ0v) is 12.1. The van der Waals surface area contributed by atoms with Gasteiger partial charge in [0.2, 0.25) is 0 Å². The van der Waals surface area contributed by atoms with Crippen LogP contribution in [-0.2, 0) is 15.6 Å². The molecule has 0 aromatic heterocycles. The number of rotatable bonds is 4. The zero-order valence-electron chi connectivity index (χ0n) is 11.3. The van der Waals surface area contributed by atoms with Crippen LogP contribution in [0.4, 0.5) is 0 Å². The van der Waals surface area contributed by atoms with Gasteiger partial charge in [-0.1, -0.05) is 32.0 Å². The van der Waals surface area contributed by atoms with Gasteiger partial charge in [0, 0.05) is 0 Å². The first-order chi connectivity index (χ1) is 8.22. The van der Waals surface area contributed by atoms with E-state index in [-0.39, 0.29) is 11.7 Å². The highest BCUT2D eigenvalue weighted by Crippen LogP contribution is 2.29. The third kappa shape index (κ3) is 2.73. The molecule has 0 aliphatic heterocycles. The summed E-state index contributed by atoms with van der Waals surface area (Å²) in [5, 5.41) is 8.98. The molecular formula is C14H19NO2S. The molecule has 0 saturated carbocycles. The Bertz CT molecular complexity index is 566. The van der Waals surface area contributed by atoms with E-state index in [9.17, 15) is 8.42 Å². The Morgan fingerprint density at radius 3 is 2.33 bits per heavy atom. The molecule has 18 heavy (non-hydrogen) atoms. The molecule has 0 radical (unpaired) electrons. The van der Waals surface area contributed by atoms with Crippen LogP contribution in [-0.4, -0.2) is 13.2 Å². The predicted octanol–water partition coefficient (Wildman–Crippen LogP) is 2.91. The summed E-state index contributed by atoms with van der Waals surface area (Å²) in [5.74, 6) is -0.0567. The topological polar surface area (TPSA) is 57.9 Å². The lowest BCUT2D eigenvalue weighted by Gasteiger charge is -2.29. The standard InChI is InChI=1S/C14H19NO2S/c1-11(2)14(3,4)18(16,17)10-13-8-6-5-7-12(13)9-15/h5-8,11H,10H2,1-4H3. The van der Waals surface area contributed by atoms with Gasteiger partial charge in [-0.05, 0) is 31.4 Å². The molecule has 0 saturated heterocycles. The second-order valence-corrected chi connectivity index (χ2v) is 7.86. The minimum atomic E-state index is -3.30. The van der Waals surface area contributed by atoms with Crippen LogP contribution >= 0.6 is 0 Å². The summed E-state index contributed by atoms with van der Waals surface area (Å²) in [6.07, 6.45) is 0. The molecule has 1 rings (SSSR count). The van der Waals surface area contributed by atoms with Crippen molar-refractivity contribution in [1.29, 1.82) is 5.26 Å². The van der Waals surface area contributed by atoms with E-state index in [1.165, 1.54) is 0 Å². The average molecular weight is 265 g/mol. The van der Waals surface area contributed by atoms with Gasteiger partial charge in [0.15, 0.2) is 9.84 Å². The second kappa shape index (κ2) is 5.11. The van der Waals surface area contributed by atoms with Crippen molar-refractivity contribution in [2.75, 3.05) is 0 Å². The van der Waals surface area contributed by atoms with Crippen LogP contribution in [0.2, 0.25) is 0 Å². The maximum Gasteiger partial charge on any atom is 0.159 e. The van der Waals surface area contributed by atoms with Crippen molar-refractivity contribution in [3.63, 3.8) is 0 Å². The van der Waals surface area contributed by atoms with Gasteiger partial charge in [-0.3, -0.25) is 0 Å². The normalized spacial score (nSPS) is 12.4. The number of sulfone groups is 1. The molecule has 0 aliphatic carbocycles. The van der Waals surface area contributed by atoms with Crippen molar-refractivity contribution >= 4 is 9.84 Å². The maximum atomic E-state index is 12.4. The molecule has 0 heterocycles. The fourth-order valence-electron chi connectivity index (χ4n) is 1.51. The molecular weight excluding hydrogens is 246 g/mol.